The van der Waals surface area contributed by atoms with E-state index < -0.39 is 12.1 Å². The molecule has 0 aliphatic carbocycles. The summed E-state index contributed by atoms with van der Waals surface area (Å²) >= 11 is 1.35. The second kappa shape index (κ2) is 12.6. The summed E-state index contributed by atoms with van der Waals surface area (Å²) in [5.41, 5.74) is 1.92. The predicted molar refractivity (Wildman–Crippen MR) is 121 cm³/mol. The summed E-state index contributed by atoms with van der Waals surface area (Å²) in [6.45, 7) is 0. The van der Waals surface area contributed by atoms with Gasteiger partial charge in [-0.15, -0.1) is 10.2 Å². The molecule has 35 heavy (non-hydrogen) atoms. The summed E-state index contributed by atoms with van der Waals surface area (Å²) < 4.78 is 47.4. The lowest BCUT2D eigenvalue weighted by Gasteiger charge is -2.08. The van der Waals surface area contributed by atoms with Gasteiger partial charge in [-0.1, -0.05) is 29.5 Å². The van der Waals surface area contributed by atoms with Crippen LogP contribution in [0.2, 0.25) is 0 Å². The zero-order chi connectivity index (χ0) is 26.0. The Labute approximate surface area is 202 Å². The van der Waals surface area contributed by atoms with Gasteiger partial charge in [-0.05, 0) is 35.4 Å². The van der Waals surface area contributed by atoms with Crippen molar-refractivity contribution in [2.45, 2.75) is 19.0 Å². The van der Waals surface area contributed by atoms with Crippen molar-refractivity contribution < 1.29 is 42.1 Å². The van der Waals surface area contributed by atoms with Gasteiger partial charge in [0.1, 0.15) is 10.8 Å². The maximum atomic E-state index is 12.2. The number of nitrogens with one attached hydrogen (secondary N) is 1. The summed E-state index contributed by atoms with van der Waals surface area (Å²) in [4.78, 5) is 21.1. The molecular weight excluding hydrogens is 491 g/mol. The molecule has 3 aromatic rings. The first kappa shape index (κ1) is 27.4. The summed E-state index contributed by atoms with van der Waals surface area (Å²) in [5, 5.41) is 19.4. The summed E-state index contributed by atoms with van der Waals surface area (Å²) in [6.07, 6.45) is -4.24. The van der Waals surface area contributed by atoms with Crippen LogP contribution >= 0.6 is 11.3 Å². The van der Waals surface area contributed by atoms with E-state index in [2.05, 4.69) is 15.5 Å². The van der Waals surface area contributed by atoms with Gasteiger partial charge in [0, 0.05) is 6.42 Å². The van der Waals surface area contributed by atoms with Crippen LogP contribution < -0.4 is 19.5 Å². The number of methoxy groups -OCH3 is 3. The van der Waals surface area contributed by atoms with Crippen molar-refractivity contribution in [3.63, 3.8) is 0 Å². The standard InChI is InChI=1S/C20H21N3O4S.C2HF3O2/c1-25-15-7-4-13(5-8-15)11-18(24)21-20-23-22-19(28-20)12-14-6-9-16(26-2)17(10-14)27-3;3-2(4,5)1(6)7/h4-10H,11-12H2,1-3H3,(H,21,23,24);(H,6,7). The minimum Gasteiger partial charge on any atom is -0.497 e. The Hall–Kier alpha value is -3.87. The quantitative estimate of drug-likeness (QED) is 0.464. The summed E-state index contributed by atoms with van der Waals surface area (Å²) in [6, 6.07) is 13.1. The van der Waals surface area contributed by atoms with Crippen LogP contribution in [0.25, 0.3) is 0 Å². The SMILES string of the molecule is COc1ccc(CC(=O)Nc2nnc(Cc3ccc(OC)c(OC)c3)s2)cc1.O=C(O)C(F)(F)F. The van der Waals surface area contributed by atoms with E-state index in [1.165, 1.54) is 11.3 Å². The third-order valence-electron chi connectivity index (χ3n) is 4.28. The number of nitrogens with zero attached hydrogens (tertiary/aromatic N) is 2. The molecule has 1 amide bonds. The first-order valence-electron chi connectivity index (χ1n) is 9.81. The van der Waals surface area contributed by atoms with Crippen molar-refractivity contribution in [3.8, 4) is 17.2 Å². The fourth-order valence-corrected chi connectivity index (χ4v) is 3.42. The molecule has 0 radical (unpaired) electrons. The van der Waals surface area contributed by atoms with Crippen molar-refractivity contribution in [1.29, 1.82) is 0 Å². The molecule has 1 aromatic heterocycles. The van der Waals surface area contributed by atoms with Gasteiger partial charge in [0.15, 0.2) is 11.5 Å². The number of benzene rings is 2. The van der Waals surface area contributed by atoms with Crippen LogP contribution in [0.4, 0.5) is 18.3 Å². The Kier molecular flexibility index (Phi) is 9.82. The number of anilines is 1. The first-order chi connectivity index (χ1) is 16.5. The lowest BCUT2D eigenvalue weighted by molar-refractivity contribution is -0.192. The van der Waals surface area contributed by atoms with Crippen molar-refractivity contribution in [3.05, 3.63) is 58.6 Å². The molecule has 0 unspecified atom stereocenters. The highest BCUT2D eigenvalue weighted by molar-refractivity contribution is 7.15. The molecular formula is C22H22F3N3O6S. The first-order valence-corrected chi connectivity index (χ1v) is 10.6. The Morgan fingerprint density at radius 1 is 0.943 bits per heavy atom. The molecule has 0 saturated carbocycles. The van der Waals surface area contributed by atoms with Crippen molar-refractivity contribution in [2.24, 2.45) is 0 Å². The summed E-state index contributed by atoms with van der Waals surface area (Å²) in [7, 11) is 4.81. The van der Waals surface area contributed by atoms with E-state index in [1.807, 2.05) is 42.5 Å². The van der Waals surface area contributed by atoms with Crippen LogP contribution in [-0.2, 0) is 22.4 Å². The molecule has 0 bridgehead atoms. The number of alkyl halides is 3. The predicted octanol–water partition coefficient (Wildman–Crippen LogP) is 3.97. The van der Waals surface area contributed by atoms with Crippen LogP contribution in [0.3, 0.4) is 0 Å². The lowest BCUT2D eigenvalue weighted by atomic mass is 10.1. The van der Waals surface area contributed by atoms with Gasteiger partial charge in [0.2, 0.25) is 11.0 Å². The molecule has 2 aromatic carbocycles. The smallest absolute Gasteiger partial charge is 0.490 e. The minimum atomic E-state index is -5.08. The van der Waals surface area contributed by atoms with E-state index >= 15 is 0 Å². The normalized spacial score (nSPS) is 10.6. The van der Waals surface area contributed by atoms with Crippen LogP contribution in [0.1, 0.15) is 16.1 Å². The van der Waals surface area contributed by atoms with Gasteiger partial charge in [0.05, 0.1) is 27.8 Å². The number of rotatable bonds is 8. The third-order valence-corrected chi connectivity index (χ3v) is 5.12. The average Bonchev–Trinajstić information content (AvgIpc) is 3.25. The second-order valence-corrected chi connectivity index (χ2v) is 7.81. The molecule has 0 saturated heterocycles. The Morgan fingerprint density at radius 2 is 1.54 bits per heavy atom. The monoisotopic (exact) mass is 513 g/mol. The number of carboxylic acid groups (broad SMARTS) is 1. The molecule has 0 atom stereocenters. The van der Waals surface area contributed by atoms with Crippen molar-refractivity contribution in [2.75, 3.05) is 26.6 Å². The molecule has 3 rings (SSSR count). The molecule has 0 aliphatic rings. The molecule has 0 aliphatic heterocycles. The zero-order valence-corrected chi connectivity index (χ0v) is 19.7. The van der Waals surface area contributed by atoms with Crippen molar-refractivity contribution >= 4 is 28.3 Å². The van der Waals surface area contributed by atoms with Crippen LogP contribution in [-0.4, -0.2) is 54.7 Å². The molecule has 2 N–H and O–H groups in total. The Balaban J connectivity index is 0.000000540. The average molecular weight is 513 g/mol. The number of hydrogen-bond donors (Lipinski definition) is 2. The minimum absolute atomic E-state index is 0.140. The fourth-order valence-electron chi connectivity index (χ4n) is 2.63. The number of ether oxygens (including phenoxy) is 3. The maximum absolute atomic E-state index is 12.2. The van der Waals surface area contributed by atoms with Crippen LogP contribution in [0.15, 0.2) is 42.5 Å². The Bertz CT molecular complexity index is 1140. The number of halogens is 3. The molecule has 0 fully saturated rings. The number of carbonyl (C=O) groups is 2. The van der Waals surface area contributed by atoms with Gasteiger partial charge in [-0.3, -0.25) is 4.79 Å². The van der Waals surface area contributed by atoms with Gasteiger partial charge >= 0.3 is 12.1 Å². The topological polar surface area (TPSA) is 120 Å². The number of amides is 1. The zero-order valence-electron chi connectivity index (χ0n) is 18.9. The Morgan fingerprint density at radius 3 is 2.09 bits per heavy atom. The summed E-state index contributed by atoms with van der Waals surface area (Å²) in [5.74, 6) is -0.799. The number of carboxylic acids is 1. The van der Waals surface area contributed by atoms with Gasteiger partial charge in [-0.2, -0.15) is 13.2 Å². The number of aliphatic carboxylic acids is 1. The van der Waals surface area contributed by atoms with Gasteiger partial charge in [0.25, 0.3) is 0 Å². The van der Waals surface area contributed by atoms with E-state index in [-0.39, 0.29) is 12.3 Å². The van der Waals surface area contributed by atoms with Crippen LogP contribution in [0.5, 0.6) is 17.2 Å². The van der Waals surface area contributed by atoms with E-state index in [0.29, 0.717) is 23.1 Å². The molecule has 1 heterocycles. The number of aromatic nitrogens is 2. The molecule has 0 spiro atoms. The number of carbonyl (C=O) groups excluding carboxylic acids is 1. The third kappa shape index (κ3) is 8.77. The molecule has 13 heteroatoms. The highest BCUT2D eigenvalue weighted by Crippen LogP contribution is 2.29. The van der Waals surface area contributed by atoms with Gasteiger partial charge < -0.3 is 24.6 Å². The fraction of sp³-hybridized carbons (Fsp3) is 0.273. The highest BCUT2D eigenvalue weighted by atomic mass is 32.1. The van der Waals surface area contributed by atoms with Gasteiger partial charge in [-0.25, -0.2) is 4.79 Å². The van der Waals surface area contributed by atoms with E-state index in [4.69, 9.17) is 24.1 Å². The van der Waals surface area contributed by atoms with E-state index in [1.54, 1.807) is 21.3 Å². The van der Waals surface area contributed by atoms with E-state index in [0.717, 1.165) is 21.9 Å². The second-order valence-electron chi connectivity index (χ2n) is 6.74. The molecule has 9 nitrogen and oxygen atoms in total. The van der Waals surface area contributed by atoms with E-state index in [9.17, 15) is 18.0 Å². The maximum Gasteiger partial charge on any atom is 0.490 e. The highest BCUT2D eigenvalue weighted by Gasteiger charge is 2.38. The largest absolute Gasteiger partial charge is 0.497 e. The molecule has 188 valence electrons. The lowest BCUT2D eigenvalue weighted by Crippen LogP contribution is -2.21. The van der Waals surface area contributed by atoms with Crippen LogP contribution in [0, 0.1) is 0 Å². The van der Waals surface area contributed by atoms with Crippen molar-refractivity contribution in [1.82, 2.24) is 10.2 Å². The number of hydrogen-bond acceptors (Lipinski definition) is 8.